The van der Waals surface area contributed by atoms with Gasteiger partial charge in [-0.05, 0) is 47.7 Å². The van der Waals surface area contributed by atoms with Crippen LogP contribution in [-0.2, 0) is 0 Å². The molecular weight excluding hydrogens is 386 g/mol. The molecule has 1 aromatic heterocycles. The molecule has 1 amide bonds. The zero-order valence-electron chi connectivity index (χ0n) is 18.1. The summed E-state index contributed by atoms with van der Waals surface area (Å²) in [5.41, 5.74) is 0.784. The van der Waals surface area contributed by atoms with Gasteiger partial charge >= 0.3 is 0 Å². The Morgan fingerprint density at radius 3 is 2.06 bits per heavy atom. The fourth-order valence-electron chi connectivity index (χ4n) is 4.61. The first-order valence-electron chi connectivity index (χ1n) is 11.3. The maximum absolute atomic E-state index is 13.2. The molecule has 2 fully saturated rings. The molecule has 2 saturated heterocycles. The van der Waals surface area contributed by atoms with Crippen molar-refractivity contribution in [3.63, 3.8) is 0 Å². The van der Waals surface area contributed by atoms with Crippen molar-refractivity contribution in [2.75, 3.05) is 49.1 Å². The summed E-state index contributed by atoms with van der Waals surface area (Å²) in [6, 6.07) is 18.2. The zero-order valence-corrected chi connectivity index (χ0v) is 18.1. The monoisotopic (exact) mass is 415 g/mol. The lowest BCUT2D eigenvalue weighted by Crippen LogP contribution is -2.49. The predicted molar refractivity (Wildman–Crippen MR) is 125 cm³/mol. The number of aromatic nitrogens is 2. The Labute approximate surface area is 183 Å². The van der Waals surface area contributed by atoms with Crippen molar-refractivity contribution in [3.05, 3.63) is 60.2 Å². The molecule has 5 rings (SSSR count). The van der Waals surface area contributed by atoms with Crippen LogP contribution >= 0.6 is 0 Å². The number of benzene rings is 2. The highest BCUT2D eigenvalue weighted by Crippen LogP contribution is 2.24. The Bertz CT molecular complexity index is 1050. The molecule has 0 saturated carbocycles. The first-order valence-corrected chi connectivity index (χ1v) is 11.3. The maximum atomic E-state index is 13.2. The third-order valence-electron chi connectivity index (χ3n) is 6.65. The van der Waals surface area contributed by atoms with Gasteiger partial charge in [-0.3, -0.25) is 4.79 Å². The topological polar surface area (TPSA) is 52.6 Å². The summed E-state index contributed by atoms with van der Waals surface area (Å²) in [5.74, 6) is 2.78. The highest BCUT2D eigenvalue weighted by atomic mass is 16.2. The Morgan fingerprint density at radius 1 is 0.774 bits per heavy atom. The average molecular weight is 416 g/mol. The van der Waals surface area contributed by atoms with Crippen LogP contribution in [0.5, 0.6) is 0 Å². The zero-order chi connectivity index (χ0) is 21.2. The normalized spacial score (nSPS) is 17.9. The maximum Gasteiger partial charge on any atom is 0.254 e. The minimum Gasteiger partial charge on any atom is -0.355 e. The molecule has 6 nitrogen and oxygen atoms in total. The van der Waals surface area contributed by atoms with Crippen molar-refractivity contribution in [2.24, 2.45) is 5.92 Å². The second-order valence-electron chi connectivity index (χ2n) is 8.73. The molecule has 0 atom stereocenters. The largest absolute Gasteiger partial charge is 0.355 e. The van der Waals surface area contributed by atoms with Gasteiger partial charge in [0.15, 0.2) is 11.6 Å². The van der Waals surface area contributed by atoms with E-state index in [0.717, 1.165) is 60.1 Å². The fraction of sp³-hybridized carbons (Fsp3) is 0.400. The van der Waals surface area contributed by atoms with E-state index in [1.54, 1.807) is 0 Å². The SMILES string of the molecule is CC1CCN(c2ccc(N3CCN(C(=O)c4cccc5ccccc45)CC3)nn2)CC1. The smallest absolute Gasteiger partial charge is 0.254 e. The molecule has 2 aliphatic heterocycles. The number of hydrogen-bond acceptors (Lipinski definition) is 5. The van der Waals surface area contributed by atoms with E-state index in [9.17, 15) is 4.79 Å². The molecule has 31 heavy (non-hydrogen) atoms. The van der Waals surface area contributed by atoms with Crippen molar-refractivity contribution >= 4 is 28.3 Å². The van der Waals surface area contributed by atoms with Gasteiger partial charge in [0.25, 0.3) is 5.91 Å². The number of carbonyl (C=O) groups is 1. The number of piperazine rings is 1. The van der Waals surface area contributed by atoms with Gasteiger partial charge in [0.2, 0.25) is 0 Å². The van der Waals surface area contributed by atoms with Crippen LogP contribution in [0.3, 0.4) is 0 Å². The number of rotatable bonds is 3. The third kappa shape index (κ3) is 4.07. The summed E-state index contributed by atoms with van der Waals surface area (Å²) < 4.78 is 0. The lowest BCUT2D eigenvalue weighted by atomic mass is 9.99. The second kappa shape index (κ2) is 8.53. The van der Waals surface area contributed by atoms with E-state index in [0.29, 0.717) is 13.1 Å². The Hall–Kier alpha value is -3.15. The Kier molecular flexibility index (Phi) is 5.45. The molecule has 160 valence electrons. The van der Waals surface area contributed by atoms with Crippen molar-refractivity contribution < 1.29 is 4.79 Å². The van der Waals surface area contributed by atoms with Crippen LogP contribution in [0.4, 0.5) is 11.6 Å². The van der Waals surface area contributed by atoms with E-state index >= 15 is 0 Å². The first-order chi connectivity index (χ1) is 15.2. The minimum absolute atomic E-state index is 0.109. The van der Waals surface area contributed by atoms with Crippen LogP contribution in [0, 0.1) is 5.92 Å². The minimum atomic E-state index is 0.109. The summed E-state index contributed by atoms with van der Waals surface area (Å²) in [6.07, 6.45) is 2.44. The summed E-state index contributed by atoms with van der Waals surface area (Å²) in [6.45, 7) is 7.35. The van der Waals surface area contributed by atoms with E-state index in [1.807, 2.05) is 35.2 Å². The number of amides is 1. The lowest BCUT2D eigenvalue weighted by molar-refractivity contribution is 0.0748. The number of piperidine rings is 1. The quantitative estimate of drug-likeness (QED) is 0.651. The van der Waals surface area contributed by atoms with Crippen molar-refractivity contribution in [1.29, 1.82) is 0 Å². The van der Waals surface area contributed by atoms with Crippen LogP contribution in [-0.4, -0.2) is 60.3 Å². The second-order valence-corrected chi connectivity index (χ2v) is 8.73. The van der Waals surface area contributed by atoms with Gasteiger partial charge in [-0.15, -0.1) is 10.2 Å². The fourth-order valence-corrected chi connectivity index (χ4v) is 4.61. The van der Waals surface area contributed by atoms with Gasteiger partial charge in [-0.25, -0.2) is 0 Å². The number of nitrogens with zero attached hydrogens (tertiary/aromatic N) is 5. The first kappa shape index (κ1) is 19.8. The standard InChI is InChI=1S/C25H29N5O/c1-19-11-13-28(14-12-19)23-9-10-24(27-26-23)29-15-17-30(18-16-29)25(31)22-8-4-6-20-5-2-3-7-21(20)22/h2-10,19H,11-18H2,1H3. The van der Waals surface area contributed by atoms with Crippen molar-refractivity contribution in [2.45, 2.75) is 19.8 Å². The number of fused-ring (bicyclic) bond motifs is 1. The van der Waals surface area contributed by atoms with Crippen LogP contribution in [0.25, 0.3) is 10.8 Å². The van der Waals surface area contributed by atoms with Crippen molar-refractivity contribution in [3.8, 4) is 0 Å². The Balaban J connectivity index is 1.22. The number of anilines is 2. The van der Waals surface area contributed by atoms with E-state index in [1.165, 1.54) is 12.8 Å². The van der Waals surface area contributed by atoms with Gasteiger partial charge in [0, 0.05) is 44.8 Å². The molecule has 0 bridgehead atoms. The molecule has 0 aliphatic carbocycles. The lowest BCUT2D eigenvalue weighted by Gasteiger charge is -2.35. The molecule has 3 aromatic rings. The molecule has 3 heterocycles. The molecule has 0 radical (unpaired) electrons. The van der Waals surface area contributed by atoms with Gasteiger partial charge in [0.1, 0.15) is 0 Å². The molecule has 0 N–H and O–H groups in total. The molecule has 0 unspecified atom stereocenters. The van der Waals surface area contributed by atoms with E-state index < -0.39 is 0 Å². The number of carbonyl (C=O) groups excluding carboxylic acids is 1. The molecular formula is C25H29N5O. The predicted octanol–water partition coefficient (Wildman–Crippen LogP) is 3.83. The summed E-state index contributed by atoms with van der Waals surface area (Å²) in [4.78, 5) is 19.7. The molecule has 6 heteroatoms. The highest BCUT2D eigenvalue weighted by molar-refractivity contribution is 6.07. The molecule has 2 aliphatic rings. The van der Waals surface area contributed by atoms with Crippen molar-refractivity contribution in [1.82, 2.24) is 15.1 Å². The van der Waals surface area contributed by atoms with Gasteiger partial charge in [-0.2, -0.15) is 0 Å². The van der Waals surface area contributed by atoms with E-state index in [4.69, 9.17) is 0 Å². The van der Waals surface area contributed by atoms with Crippen LogP contribution in [0.15, 0.2) is 54.6 Å². The van der Waals surface area contributed by atoms with E-state index in [2.05, 4.69) is 51.2 Å². The van der Waals surface area contributed by atoms with Crippen LogP contribution in [0.1, 0.15) is 30.1 Å². The van der Waals surface area contributed by atoms with Crippen LogP contribution in [0.2, 0.25) is 0 Å². The van der Waals surface area contributed by atoms with Gasteiger partial charge in [-0.1, -0.05) is 43.3 Å². The highest BCUT2D eigenvalue weighted by Gasteiger charge is 2.24. The molecule has 2 aromatic carbocycles. The van der Waals surface area contributed by atoms with E-state index in [-0.39, 0.29) is 5.91 Å². The third-order valence-corrected chi connectivity index (χ3v) is 6.65. The summed E-state index contributed by atoms with van der Waals surface area (Å²) in [7, 11) is 0. The summed E-state index contributed by atoms with van der Waals surface area (Å²) >= 11 is 0. The summed E-state index contributed by atoms with van der Waals surface area (Å²) in [5, 5.41) is 11.1. The average Bonchev–Trinajstić information content (AvgIpc) is 2.84. The van der Waals surface area contributed by atoms with Crippen LogP contribution < -0.4 is 9.80 Å². The van der Waals surface area contributed by atoms with Gasteiger partial charge in [0.05, 0.1) is 0 Å². The Morgan fingerprint density at radius 2 is 1.39 bits per heavy atom. The van der Waals surface area contributed by atoms with Gasteiger partial charge < -0.3 is 14.7 Å². The number of hydrogen-bond donors (Lipinski definition) is 0. The molecule has 0 spiro atoms.